The number of hydrogen-bond acceptors (Lipinski definition) is 5. The molecule has 0 radical (unpaired) electrons. The quantitative estimate of drug-likeness (QED) is 0.372. The van der Waals surface area contributed by atoms with Crippen molar-refractivity contribution in [1.82, 2.24) is 21.3 Å². The van der Waals surface area contributed by atoms with Gasteiger partial charge in [0.1, 0.15) is 18.1 Å². The van der Waals surface area contributed by atoms with Crippen molar-refractivity contribution in [2.75, 3.05) is 0 Å². The maximum absolute atomic E-state index is 13.1. The number of alkyl halides is 3. The number of carbonyl (C=O) groups is 4. The van der Waals surface area contributed by atoms with E-state index in [9.17, 15) is 37.6 Å². The zero-order chi connectivity index (χ0) is 26.9. The predicted molar refractivity (Wildman–Crippen MR) is 122 cm³/mol. The van der Waals surface area contributed by atoms with Crippen LogP contribution in [0.15, 0.2) is 0 Å². The van der Waals surface area contributed by atoms with Crippen molar-refractivity contribution < 1.29 is 32.3 Å². The van der Waals surface area contributed by atoms with Crippen molar-refractivity contribution in [3.8, 4) is 6.07 Å². The predicted octanol–water partition coefficient (Wildman–Crippen LogP) is 1.82. The van der Waals surface area contributed by atoms with E-state index in [1.807, 2.05) is 6.07 Å². The van der Waals surface area contributed by atoms with Gasteiger partial charge in [0.15, 0.2) is 0 Å². The van der Waals surface area contributed by atoms with Crippen LogP contribution in [0.4, 0.5) is 13.2 Å². The molecule has 4 amide bonds. The van der Waals surface area contributed by atoms with Gasteiger partial charge in [-0.3, -0.25) is 19.2 Å². The Morgan fingerprint density at radius 1 is 1.03 bits per heavy atom. The summed E-state index contributed by atoms with van der Waals surface area (Å²) in [5, 5.41) is 19.4. The van der Waals surface area contributed by atoms with Crippen molar-refractivity contribution in [3.05, 3.63) is 0 Å². The van der Waals surface area contributed by atoms with E-state index >= 15 is 0 Å². The Bertz CT molecular complexity index is 932. The van der Waals surface area contributed by atoms with Crippen LogP contribution >= 0.6 is 0 Å². The van der Waals surface area contributed by atoms with Gasteiger partial charge in [0.05, 0.1) is 6.07 Å². The average Bonchev–Trinajstić information content (AvgIpc) is 3.69. The lowest BCUT2D eigenvalue weighted by Gasteiger charge is -2.32. The highest BCUT2D eigenvalue weighted by atomic mass is 19.4. The van der Waals surface area contributed by atoms with Crippen LogP contribution in [0.3, 0.4) is 0 Å². The van der Waals surface area contributed by atoms with Gasteiger partial charge in [0, 0.05) is 11.5 Å². The molecule has 1 heterocycles. The van der Waals surface area contributed by atoms with Crippen LogP contribution in [0.1, 0.15) is 72.1 Å². The van der Waals surface area contributed by atoms with Gasteiger partial charge in [-0.25, -0.2) is 0 Å². The van der Waals surface area contributed by atoms with Gasteiger partial charge < -0.3 is 21.3 Å². The molecule has 0 aromatic carbocycles. The van der Waals surface area contributed by atoms with E-state index in [4.69, 9.17) is 0 Å². The van der Waals surface area contributed by atoms with Crippen LogP contribution < -0.4 is 21.3 Å². The fourth-order valence-corrected chi connectivity index (χ4v) is 4.52. The first-order valence-corrected chi connectivity index (χ1v) is 12.3. The van der Waals surface area contributed by atoms with E-state index < -0.39 is 53.4 Å². The van der Waals surface area contributed by atoms with Gasteiger partial charge in [0.25, 0.3) is 0 Å². The Labute approximate surface area is 208 Å². The molecule has 4 N–H and O–H groups in total. The van der Waals surface area contributed by atoms with E-state index in [1.165, 1.54) is 20.8 Å². The maximum Gasteiger partial charge on any atom is 0.471 e. The van der Waals surface area contributed by atoms with E-state index in [-0.39, 0.29) is 30.2 Å². The lowest BCUT2D eigenvalue weighted by atomic mass is 9.85. The summed E-state index contributed by atoms with van der Waals surface area (Å²) < 4.78 is 38.4. The van der Waals surface area contributed by atoms with Crippen LogP contribution in [0.25, 0.3) is 0 Å². The number of halogens is 3. The first-order valence-electron chi connectivity index (χ1n) is 12.3. The maximum atomic E-state index is 13.1. The van der Waals surface area contributed by atoms with Gasteiger partial charge in [0.2, 0.25) is 17.7 Å². The number of nitrogens with zero attached hydrogens (tertiary/aromatic N) is 1. The SMILES string of the molecule is CC(C)(C)C(NC(=O)C(F)(F)F)C(=O)N[C@@H](CC1CC1)C(=O)N[C@H](C#N)C[C@@H]1CCC2(CC2)NC1=O. The van der Waals surface area contributed by atoms with Crippen LogP contribution in [-0.2, 0) is 19.2 Å². The zero-order valence-corrected chi connectivity index (χ0v) is 20.8. The second-order valence-electron chi connectivity index (χ2n) is 11.4. The Hall–Kier alpha value is -2.84. The lowest BCUT2D eigenvalue weighted by Crippen LogP contribution is -2.60. The van der Waals surface area contributed by atoms with Gasteiger partial charge in [-0.15, -0.1) is 0 Å². The molecule has 0 bridgehead atoms. The van der Waals surface area contributed by atoms with Crippen LogP contribution in [0.5, 0.6) is 0 Å². The second kappa shape index (κ2) is 10.3. The largest absolute Gasteiger partial charge is 0.471 e. The summed E-state index contributed by atoms with van der Waals surface area (Å²) in [6, 6.07) is -1.61. The van der Waals surface area contributed by atoms with Crippen molar-refractivity contribution in [3.63, 3.8) is 0 Å². The van der Waals surface area contributed by atoms with Gasteiger partial charge in [-0.05, 0) is 49.9 Å². The number of carbonyl (C=O) groups excluding carboxylic acids is 4. The van der Waals surface area contributed by atoms with Crippen molar-refractivity contribution in [1.29, 1.82) is 5.26 Å². The molecule has 3 rings (SSSR count). The molecule has 3 aliphatic rings. The van der Waals surface area contributed by atoms with E-state index in [0.29, 0.717) is 6.42 Å². The van der Waals surface area contributed by atoms with Gasteiger partial charge >= 0.3 is 12.1 Å². The number of nitriles is 1. The van der Waals surface area contributed by atoms with Crippen LogP contribution in [0.2, 0.25) is 0 Å². The third-order valence-electron chi connectivity index (χ3n) is 7.14. The number of hydrogen-bond donors (Lipinski definition) is 4. The molecule has 9 nitrogen and oxygen atoms in total. The summed E-state index contributed by atoms with van der Waals surface area (Å²) in [5.41, 5.74) is -1.17. The molecule has 1 aliphatic heterocycles. The van der Waals surface area contributed by atoms with E-state index in [2.05, 4.69) is 16.0 Å². The minimum atomic E-state index is -5.17. The smallest absolute Gasteiger partial charge is 0.350 e. The molecule has 12 heteroatoms. The molecule has 3 fully saturated rings. The van der Waals surface area contributed by atoms with Crippen LogP contribution in [-0.4, -0.2) is 53.5 Å². The van der Waals surface area contributed by atoms with Crippen molar-refractivity contribution >= 4 is 23.6 Å². The topological polar surface area (TPSA) is 140 Å². The third kappa shape index (κ3) is 7.34. The number of amides is 4. The molecule has 1 spiro atoms. The second-order valence-corrected chi connectivity index (χ2v) is 11.4. The van der Waals surface area contributed by atoms with E-state index in [1.54, 1.807) is 5.32 Å². The molecule has 0 aromatic rings. The Kier molecular flexibility index (Phi) is 7.91. The molecular formula is C24H34F3N5O4. The first kappa shape index (κ1) is 27.7. The highest BCUT2D eigenvalue weighted by Crippen LogP contribution is 2.44. The molecular weight excluding hydrogens is 479 g/mol. The summed E-state index contributed by atoms with van der Waals surface area (Å²) in [5.74, 6) is -4.20. The molecule has 1 saturated heterocycles. The fraction of sp³-hybridized carbons (Fsp3) is 0.792. The molecule has 2 aliphatic carbocycles. The molecule has 2 saturated carbocycles. The monoisotopic (exact) mass is 513 g/mol. The molecule has 0 aromatic heterocycles. The molecule has 4 atom stereocenters. The fourth-order valence-electron chi connectivity index (χ4n) is 4.52. The van der Waals surface area contributed by atoms with E-state index in [0.717, 1.165) is 32.1 Å². The first-order chi connectivity index (χ1) is 16.6. The molecule has 36 heavy (non-hydrogen) atoms. The Morgan fingerprint density at radius 3 is 2.14 bits per heavy atom. The average molecular weight is 514 g/mol. The minimum Gasteiger partial charge on any atom is -0.350 e. The Balaban J connectivity index is 1.64. The summed E-state index contributed by atoms with van der Waals surface area (Å²) in [6.07, 6.45) is 0.252. The van der Waals surface area contributed by atoms with Gasteiger partial charge in [-0.2, -0.15) is 18.4 Å². The lowest BCUT2D eigenvalue weighted by molar-refractivity contribution is -0.175. The standard InChI is InChI=1S/C24H34F3N5O4/c1-22(2,3)17(31-21(36)24(25,26)27)20(35)30-16(10-13-4-5-13)19(34)29-15(12-28)11-14-6-7-23(8-9-23)32-18(14)33/h13-17H,4-11H2,1-3H3,(H,29,34)(H,30,35)(H,31,36)(H,32,33)/t14-,15-,16-,17?/m0/s1. The third-order valence-corrected chi connectivity index (χ3v) is 7.14. The van der Waals surface area contributed by atoms with Gasteiger partial charge in [-0.1, -0.05) is 33.6 Å². The number of nitrogens with one attached hydrogen (secondary N) is 4. The zero-order valence-electron chi connectivity index (χ0n) is 20.8. The summed E-state index contributed by atoms with van der Waals surface area (Å²) >= 11 is 0. The molecule has 1 unspecified atom stereocenters. The Morgan fingerprint density at radius 2 is 1.67 bits per heavy atom. The summed E-state index contributed by atoms with van der Waals surface area (Å²) in [7, 11) is 0. The highest BCUT2D eigenvalue weighted by molar-refractivity contribution is 5.93. The molecule has 200 valence electrons. The highest BCUT2D eigenvalue weighted by Gasteiger charge is 2.48. The summed E-state index contributed by atoms with van der Waals surface area (Å²) in [6.45, 7) is 4.49. The number of piperidine rings is 1. The number of rotatable bonds is 9. The van der Waals surface area contributed by atoms with Crippen LogP contribution in [0, 0.1) is 28.6 Å². The van der Waals surface area contributed by atoms with Crippen molar-refractivity contribution in [2.24, 2.45) is 17.3 Å². The summed E-state index contributed by atoms with van der Waals surface area (Å²) in [4.78, 5) is 50.0. The normalized spacial score (nSPS) is 23.5. The minimum absolute atomic E-state index is 0.0935. The van der Waals surface area contributed by atoms with Crippen molar-refractivity contribution in [2.45, 2.75) is 102 Å².